The maximum absolute atomic E-state index is 12.7. The number of sulfonamides is 1. The van der Waals surface area contributed by atoms with Crippen molar-refractivity contribution in [2.75, 3.05) is 19.6 Å². The lowest BCUT2D eigenvalue weighted by Gasteiger charge is -2.35. The summed E-state index contributed by atoms with van der Waals surface area (Å²) in [6.45, 7) is 2.38. The van der Waals surface area contributed by atoms with Gasteiger partial charge in [0.1, 0.15) is 4.21 Å². The average molecular weight is 351 g/mol. The van der Waals surface area contributed by atoms with E-state index in [-0.39, 0.29) is 6.04 Å². The highest BCUT2D eigenvalue weighted by atomic mass is 79.9. The minimum atomic E-state index is -3.34. The van der Waals surface area contributed by atoms with Gasteiger partial charge in [0.05, 0.1) is 0 Å². The first-order valence-electron chi connectivity index (χ1n) is 6.06. The topological polar surface area (TPSA) is 49.4 Å². The van der Waals surface area contributed by atoms with Crippen LogP contribution in [-0.4, -0.2) is 38.4 Å². The van der Waals surface area contributed by atoms with Crippen molar-refractivity contribution in [3.63, 3.8) is 0 Å². The van der Waals surface area contributed by atoms with Gasteiger partial charge < -0.3 is 5.32 Å². The van der Waals surface area contributed by atoms with Gasteiger partial charge in [-0.15, -0.1) is 11.3 Å². The molecule has 2 aliphatic rings. The molecule has 1 N–H and O–H groups in total. The zero-order valence-electron chi connectivity index (χ0n) is 9.80. The number of rotatable bonds is 2. The van der Waals surface area contributed by atoms with E-state index >= 15 is 0 Å². The van der Waals surface area contributed by atoms with Gasteiger partial charge in [0.2, 0.25) is 0 Å². The summed E-state index contributed by atoms with van der Waals surface area (Å²) in [5.74, 6) is 0.479. The number of thiophene rings is 1. The SMILES string of the molecule is O=S(=O)(c1sccc1Br)N1CCCC2CNCC21. The van der Waals surface area contributed by atoms with Crippen LogP contribution in [0.4, 0.5) is 0 Å². The number of nitrogens with one attached hydrogen (secondary N) is 1. The molecule has 3 heterocycles. The molecule has 18 heavy (non-hydrogen) atoms. The van der Waals surface area contributed by atoms with Gasteiger partial charge in [-0.05, 0) is 52.7 Å². The maximum atomic E-state index is 12.7. The standard InChI is InChI=1S/C11H15BrN2O2S2/c12-9-3-5-17-11(9)18(15,16)14-4-1-2-8-6-13-7-10(8)14/h3,5,8,10,13H,1-2,4,6-7H2. The first kappa shape index (κ1) is 13.1. The highest BCUT2D eigenvalue weighted by Crippen LogP contribution is 2.35. The molecule has 0 aromatic carbocycles. The van der Waals surface area contributed by atoms with Gasteiger partial charge in [0.25, 0.3) is 10.0 Å². The van der Waals surface area contributed by atoms with E-state index in [1.165, 1.54) is 11.3 Å². The van der Waals surface area contributed by atoms with Crippen molar-refractivity contribution >= 4 is 37.3 Å². The fourth-order valence-electron chi connectivity index (χ4n) is 2.89. The quantitative estimate of drug-likeness (QED) is 0.885. The Kier molecular flexibility index (Phi) is 3.53. The summed E-state index contributed by atoms with van der Waals surface area (Å²) in [7, 11) is -3.34. The molecular weight excluding hydrogens is 336 g/mol. The number of halogens is 1. The molecule has 7 heteroatoms. The van der Waals surface area contributed by atoms with Gasteiger partial charge in [-0.1, -0.05) is 0 Å². The zero-order valence-corrected chi connectivity index (χ0v) is 13.0. The number of piperidine rings is 1. The second-order valence-corrected chi connectivity index (χ2v) is 8.66. The molecule has 0 bridgehead atoms. The van der Waals surface area contributed by atoms with Crippen molar-refractivity contribution < 1.29 is 8.42 Å². The van der Waals surface area contributed by atoms with Gasteiger partial charge in [-0.3, -0.25) is 0 Å². The monoisotopic (exact) mass is 350 g/mol. The van der Waals surface area contributed by atoms with Crippen LogP contribution in [0, 0.1) is 5.92 Å². The van der Waals surface area contributed by atoms with Crippen LogP contribution in [0.2, 0.25) is 0 Å². The minimum Gasteiger partial charge on any atom is -0.315 e. The number of nitrogens with zero attached hydrogens (tertiary/aromatic N) is 1. The van der Waals surface area contributed by atoms with Gasteiger partial charge in [0.15, 0.2) is 0 Å². The fraction of sp³-hybridized carbons (Fsp3) is 0.636. The molecule has 2 aliphatic heterocycles. The second kappa shape index (κ2) is 4.86. The second-order valence-electron chi connectivity index (χ2n) is 4.80. The van der Waals surface area contributed by atoms with Crippen LogP contribution in [0.1, 0.15) is 12.8 Å². The van der Waals surface area contributed by atoms with E-state index in [0.29, 0.717) is 21.1 Å². The highest BCUT2D eigenvalue weighted by molar-refractivity contribution is 9.10. The molecule has 0 aliphatic carbocycles. The average Bonchev–Trinajstić information content (AvgIpc) is 2.96. The third kappa shape index (κ3) is 2.06. The van der Waals surface area contributed by atoms with Gasteiger partial charge >= 0.3 is 0 Å². The summed E-state index contributed by atoms with van der Waals surface area (Å²) in [6.07, 6.45) is 2.10. The van der Waals surface area contributed by atoms with Crippen LogP contribution < -0.4 is 5.32 Å². The van der Waals surface area contributed by atoms with Crippen LogP contribution in [-0.2, 0) is 10.0 Å². The van der Waals surface area contributed by atoms with Crippen molar-refractivity contribution in [2.24, 2.45) is 5.92 Å². The van der Waals surface area contributed by atoms with E-state index in [1.807, 2.05) is 5.38 Å². The summed E-state index contributed by atoms with van der Waals surface area (Å²) in [5.41, 5.74) is 0. The van der Waals surface area contributed by atoms with E-state index < -0.39 is 10.0 Å². The molecule has 0 radical (unpaired) electrons. The molecule has 100 valence electrons. The minimum absolute atomic E-state index is 0.137. The van der Waals surface area contributed by atoms with Crippen molar-refractivity contribution in [1.82, 2.24) is 9.62 Å². The normalized spacial score (nSPS) is 29.4. The predicted molar refractivity (Wildman–Crippen MR) is 75.3 cm³/mol. The first-order chi connectivity index (χ1) is 8.60. The van der Waals surface area contributed by atoms with E-state index in [0.717, 1.165) is 25.9 Å². The molecule has 0 amide bonds. The Morgan fingerprint density at radius 1 is 1.44 bits per heavy atom. The molecule has 2 saturated heterocycles. The molecular formula is C11H15BrN2O2S2. The number of hydrogen-bond acceptors (Lipinski definition) is 4. The molecule has 2 atom stereocenters. The summed E-state index contributed by atoms with van der Waals surface area (Å²) >= 11 is 4.62. The Labute approximate surface area is 120 Å². The van der Waals surface area contributed by atoms with Gasteiger partial charge in [0, 0.05) is 23.6 Å². The Morgan fingerprint density at radius 3 is 3.00 bits per heavy atom. The van der Waals surface area contributed by atoms with Crippen LogP contribution in [0.15, 0.2) is 20.1 Å². The van der Waals surface area contributed by atoms with Crippen LogP contribution in [0.3, 0.4) is 0 Å². The molecule has 0 saturated carbocycles. The van der Waals surface area contributed by atoms with Crippen molar-refractivity contribution in [2.45, 2.75) is 23.1 Å². The van der Waals surface area contributed by atoms with E-state index in [9.17, 15) is 8.42 Å². The Bertz CT molecular complexity index is 543. The maximum Gasteiger partial charge on any atom is 0.254 e. The molecule has 0 spiro atoms. The molecule has 1 aromatic rings. The molecule has 3 rings (SSSR count). The molecule has 4 nitrogen and oxygen atoms in total. The Hall–Kier alpha value is 0.0500. The van der Waals surface area contributed by atoms with E-state index in [4.69, 9.17) is 0 Å². The molecule has 2 fully saturated rings. The third-order valence-electron chi connectivity index (χ3n) is 3.75. The third-order valence-corrected chi connectivity index (χ3v) is 8.33. The molecule has 2 unspecified atom stereocenters. The summed E-state index contributed by atoms with van der Waals surface area (Å²) in [5, 5.41) is 5.12. The fourth-order valence-corrected chi connectivity index (χ4v) is 7.04. The van der Waals surface area contributed by atoms with Gasteiger partial charge in [-0.2, -0.15) is 4.31 Å². The first-order valence-corrected chi connectivity index (χ1v) is 9.17. The Balaban J connectivity index is 1.96. The smallest absolute Gasteiger partial charge is 0.254 e. The lowest BCUT2D eigenvalue weighted by atomic mass is 9.94. The van der Waals surface area contributed by atoms with Crippen LogP contribution in [0.5, 0.6) is 0 Å². The summed E-state index contributed by atoms with van der Waals surface area (Å²) < 4.78 is 28.2. The largest absolute Gasteiger partial charge is 0.315 e. The van der Waals surface area contributed by atoms with Crippen molar-refractivity contribution in [3.05, 3.63) is 15.9 Å². The predicted octanol–water partition coefficient (Wildman–Crippen LogP) is 1.88. The van der Waals surface area contributed by atoms with E-state index in [2.05, 4.69) is 21.2 Å². The number of fused-ring (bicyclic) bond motifs is 1. The van der Waals surface area contributed by atoms with Crippen LogP contribution >= 0.6 is 27.3 Å². The Morgan fingerprint density at radius 2 is 2.28 bits per heavy atom. The van der Waals surface area contributed by atoms with Gasteiger partial charge in [-0.25, -0.2) is 8.42 Å². The lowest BCUT2D eigenvalue weighted by Crippen LogP contribution is -2.48. The zero-order chi connectivity index (χ0) is 12.8. The van der Waals surface area contributed by atoms with Crippen molar-refractivity contribution in [3.8, 4) is 0 Å². The lowest BCUT2D eigenvalue weighted by molar-refractivity contribution is 0.218. The highest BCUT2D eigenvalue weighted by Gasteiger charge is 2.42. The summed E-state index contributed by atoms with van der Waals surface area (Å²) in [6, 6.07) is 1.93. The van der Waals surface area contributed by atoms with E-state index in [1.54, 1.807) is 10.4 Å². The van der Waals surface area contributed by atoms with Crippen molar-refractivity contribution in [1.29, 1.82) is 0 Å². The number of hydrogen-bond donors (Lipinski definition) is 1. The summed E-state index contributed by atoms with van der Waals surface area (Å²) in [4.78, 5) is 0. The van der Waals surface area contributed by atoms with Crippen LogP contribution in [0.25, 0.3) is 0 Å². The molecule has 1 aromatic heterocycles.